The number of ether oxygens (including phenoxy) is 1. The highest BCUT2D eigenvalue weighted by Crippen LogP contribution is 2.11. The van der Waals surface area contributed by atoms with Gasteiger partial charge in [0.05, 0.1) is 19.5 Å². The van der Waals surface area contributed by atoms with E-state index < -0.39 is 5.97 Å². The molecule has 1 aromatic rings. The molecule has 6 nitrogen and oxygen atoms in total. The van der Waals surface area contributed by atoms with Gasteiger partial charge in [-0.3, -0.25) is 0 Å². The largest absolute Gasteiger partial charge is 0.464 e. The average molecular weight is 252 g/mol. The van der Waals surface area contributed by atoms with E-state index in [0.29, 0.717) is 5.82 Å². The Morgan fingerprint density at radius 1 is 1.39 bits per heavy atom. The van der Waals surface area contributed by atoms with Crippen LogP contribution in [0.4, 0.5) is 5.82 Å². The molecule has 0 saturated heterocycles. The molecule has 0 spiro atoms. The summed E-state index contributed by atoms with van der Waals surface area (Å²) in [5.74, 6) is 0.153. The lowest BCUT2D eigenvalue weighted by Crippen LogP contribution is -2.44. The second kappa shape index (κ2) is 5.77. The van der Waals surface area contributed by atoms with Crippen LogP contribution in [0, 0.1) is 0 Å². The van der Waals surface area contributed by atoms with Gasteiger partial charge in [-0.05, 0) is 27.9 Å². The summed E-state index contributed by atoms with van der Waals surface area (Å²) in [4.78, 5) is 21.4. The number of carbonyl (C=O) groups excluding carboxylic acids is 1. The molecule has 0 unspecified atom stereocenters. The van der Waals surface area contributed by atoms with Gasteiger partial charge < -0.3 is 15.0 Å². The lowest BCUT2D eigenvalue weighted by atomic mass is 10.0. The molecule has 0 radical (unpaired) electrons. The molecular weight excluding hydrogens is 232 g/mol. The molecule has 0 aliphatic heterocycles. The zero-order valence-corrected chi connectivity index (χ0v) is 11.5. The number of nitrogens with one attached hydrogen (secondary N) is 1. The summed E-state index contributed by atoms with van der Waals surface area (Å²) in [6.45, 7) is 4.97. The van der Waals surface area contributed by atoms with Crippen molar-refractivity contribution in [3.63, 3.8) is 0 Å². The van der Waals surface area contributed by atoms with Gasteiger partial charge in [-0.25, -0.2) is 14.8 Å². The van der Waals surface area contributed by atoms with Gasteiger partial charge in [0.2, 0.25) is 0 Å². The fourth-order valence-corrected chi connectivity index (χ4v) is 1.09. The van der Waals surface area contributed by atoms with Crippen LogP contribution >= 0.6 is 0 Å². The van der Waals surface area contributed by atoms with Crippen molar-refractivity contribution in [3.8, 4) is 0 Å². The maximum atomic E-state index is 11.2. The van der Waals surface area contributed by atoms with Gasteiger partial charge >= 0.3 is 5.97 Å². The predicted octanol–water partition coefficient (Wildman–Crippen LogP) is 1.02. The average Bonchev–Trinajstić information content (AvgIpc) is 2.36. The van der Waals surface area contributed by atoms with Crippen LogP contribution < -0.4 is 5.32 Å². The Bertz CT molecular complexity index is 401. The van der Waals surface area contributed by atoms with E-state index in [4.69, 9.17) is 0 Å². The first-order valence-corrected chi connectivity index (χ1v) is 5.68. The van der Waals surface area contributed by atoms with Crippen LogP contribution in [0.3, 0.4) is 0 Å². The van der Waals surface area contributed by atoms with Crippen molar-refractivity contribution in [1.82, 2.24) is 14.9 Å². The van der Waals surface area contributed by atoms with Crippen LogP contribution in [0.15, 0.2) is 12.4 Å². The van der Waals surface area contributed by atoms with Gasteiger partial charge in [-0.1, -0.05) is 0 Å². The molecule has 0 saturated carbocycles. The van der Waals surface area contributed by atoms with Crippen LogP contribution in [-0.4, -0.2) is 54.1 Å². The predicted molar refractivity (Wildman–Crippen MR) is 69.6 cm³/mol. The van der Waals surface area contributed by atoms with Gasteiger partial charge in [0.15, 0.2) is 5.69 Å². The van der Waals surface area contributed by atoms with Crippen molar-refractivity contribution in [2.45, 2.75) is 19.4 Å². The van der Waals surface area contributed by atoms with Crippen LogP contribution in [0.25, 0.3) is 0 Å². The lowest BCUT2D eigenvalue weighted by Gasteiger charge is -2.32. The van der Waals surface area contributed by atoms with Crippen LogP contribution in [0.5, 0.6) is 0 Å². The highest BCUT2D eigenvalue weighted by atomic mass is 16.5. The highest BCUT2D eigenvalue weighted by Gasteiger charge is 2.20. The highest BCUT2D eigenvalue weighted by molar-refractivity contribution is 5.86. The first-order chi connectivity index (χ1) is 8.36. The molecule has 0 bridgehead atoms. The Morgan fingerprint density at radius 3 is 2.50 bits per heavy atom. The molecule has 1 N–H and O–H groups in total. The normalized spacial score (nSPS) is 11.4. The molecule has 1 heterocycles. The third kappa shape index (κ3) is 3.66. The van der Waals surface area contributed by atoms with Crippen molar-refractivity contribution in [1.29, 1.82) is 0 Å². The first kappa shape index (κ1) is 14.4. The molecule has 6 heteroatoms. The number of aromatic nitrogens is 2. The maximum absolute atomic E-state index is 11.2. The van der Waals surface area contributed by atoms with E-state index in [1.165, 1.54) is 19.5 Å². The van der Waals surface area contributed by atoms with Crippen LogP contribution in [0.2, 0.25) is 0 Å². The third-order valence-electron chi connectivity index (χ3n) is 2.96. The van der Waals surface area contributed by atoms with E-state index in [9.17, 15) is 4.79 Å². The van der Waals surface area contributed by atoms with E-state index >= 15 is 0 Å². The van der Waals surface area contributed by atoms with E-state index in [0.717, 1.165) is 6.54 Å². The summed E-state index contributed by atoms with van der Waals surface area (Å²) in [5.41, 5.74) is 0.206. The van der Waals surface area contributed by atoms with Crippen molar-refractivity contribution >= 4 is 11.8 Å². The number of esters is 1. The zero-order valence-electron chi connectivity index (χ0n) is 11.5. The molecule has 100 valence electrons. The number of rotatable bonds is 5. The van der Waals surface area contributed by atoms with Crippen molar-refractivity contribution in [3.05, 3.63) is 18.1 Å². The van der Waals surface area contributed by atoms with Gasteiger partial charge in [-0.15, -0.1) is 0 Å². The topological polar surface area (TPSA) is 67.3 Å². The van der Waals surface area contributed by atoms with E-state index in [1.807, 2.05) is 14.1 Å². The van der Waals surface area contributed by atoms with Crippen molar-refractivity contribution in [2.75, 3.05) is 33.1 Å². The number of anilines is 1. The summed E-state index contributed by atoms with van der Waals surface area (Å²) in [6, 6.07) is 0. The number of methoxy groups -OCH3 is 1. The Kier molecular flexibility index (Phi) is 4.61. The summed E-state index contributed by atoms with van der Waals surface area (Å²) < 4.78 is 4.55. The summed E-state index contributed by atoms with van der Waals surface area (Å²) in [6.07, 6.45) is 2.93. The summed E-state index contributed by atoms with van der Waals surface area (Å²) >= 11 is 0. The fraction of sp³-hybridized carbons (Fsp3) is 0.583. The SMILES string of the molecule is COC(=O)c1cnc(NCC(C)(C)N(C)C)cn1. The first-order valence-electron chi connectivity index (χ1n) is 5.68. The van der Waals surface area contributed by atoms with E-state index in [-0.39, 0.29) is 11.2 Å². The minimum atomic E-state index is -0.484. The number of likely N-dealkylation sites (N-methyl/N-ethyl adjacent to an activating group) is 1. The lowest BCUT2D eigenvalue weighted by molar-refractivity contribution is 0.0593. The molecule has 1 aromatic heterocycles. The standard InChI is InChI=1S/C12H20N4O2/c1-12(2,16(3)4)8-15-10-7-13-9(6-14-10)11(17)18-5/h6-7H,8H2,1-5H3,(H,14,15). The number of carbonyl (C=O) groups is 1. The molecule has 0 aromatic carbocycles. The molecular formula is C12H20N4O2. The zero-order chi connectivity index (χ0) is 13.8. The van der Waals surface area contributed by atoms with Crippen molar-refractivity contribution in [2.24, 2.45) is 0 Å². The number of hydrogen-bond donors (Lipinski definition) is 1. The quantitative estimate of drug-likeness (QED) is 0.789. The Labute approximate surface area is 107 Å². The Hall–Kier alpha value is -1.69. The molecule has 0 atom stereocenters. The third-order valence-corrected chi connectivity index (χ3v) is 2.96. The van der Waals surface area contributed by atoms with Gasteiger partial charge in [0, 0.05) is 12.1 Å². The van der Waals surface area contributed by atoms with Gasteiger partial charge in [0.1, 0.15) is 5.82 Å². The molecule has 0 aliphatic rings. The van der Waals surface area contributed by atoms with Crippen LogP contribution in [-0.2, 0) is 4.74 Å². The molecule has 0 fully saturated rings. The molecule has 1 rings (SSSR count). The Balaban J connectivity index is 2.62. The second-order valence-electron chi connectivity index (χ2n) is 4.84. The van der Waals surface area contributed by atoms with E-state index in [1.54, 1.807) is 0 Å². The summed E-state index contributed by atoms with van der Waals surface area (Å²) in [7, 11) is 5.36. The Morgan fingerprint density at radius 2 is 2.06 bits per heavy atom. The van der Waals surface area contributed by atoms with Gasteiger partial charge in [-0.2, -0.15) is 0 Å². The molecule has 18 heavy (non-hydrogen) atoms. The minimum Gasteiger partial charge on any atom is -0.464 e. The van der Waals surface area contributed by atoms with E-state index in [2.05, 4.69) is 38.8 Å². The second-order valence-corrected chi connectivity index (χ2v) is 4.84. The summed E-state index contributed by atoms with van der Waals surface area (Å²) in [5, 5.41) is 3.18. The minimum absolute atomic E-state index is 0.00268. The monoisotopic (exact) mass is 252 g/mol. The maximum Gasteiger partial charge on any atom is 0.358 e. The molecule has 0 amide bonds. The smallest absolute Gasteiger partial charge is 0.358 e. The number of hydrogen-bond acceptors (Lipinski definition) is 6. The van der Waals surface area contributed by atoms with Crippen molar-refractivity contribution < 1.29 is 9.53 Å². The number of nitrogens with zero attached hydrogens (tertiary/aromatic N) is 3. The van der Waals surface area contributed by atoms with Gasteiger partial charge in [0.25, 0.3) is 0 Å². The molecule has 0 aliphatic carbocycles. The fourth-order valence-electron chi connectivity index (χ4n) is 1.09. The van der Waals surface area contributed by atoms with Crippen LogP contribution in [0.1, 0.15) is 24.3 Å².